The highest BCUT2D eigenvalue weighted by atomic mass is 19.1. The number of rotatable bonds is 2. The largest absolute Gasteiger partial charge is 0.349 e. The van der Waals surface area contributed by atoms with Gasteiger partial charge in [0.2, 0.25) is 11.8 Å². The lowest BCUT2D eigenvalue weighted by molar-refractivity contribution is -0.129. The van der Waals surface area contributed by atoms with Gasteiger partial charge in [-0.15, -0.1) is 0 Å². The smallest absolute Gasteiger partial charge is 0.243 e. The van der Waals surface area contributed by atoms with E-state index in [0.29, 0.717) is 23.4 Å². The van der Waals surface area contributed by atoms with Crippen LogP contribution in [-0.2, 0) is 9.59 Å². The van der Waals surface area contributed by atoms with Crippen LogP contribution in [0.3, 0.4) is 0 Å². The Balaban J connectivity index is 1.36. The minimum Gasteiger partial charge on any atom is -0.349 e. The summed E-state index contributed by atoms with van der Waals surface area (Å²) in [6.45, 7) is 4.64. The van der Waals surface area contributed by atoms with Crippen molar-refractivity contribution >= 4 is 17.5 Å². The van der Waals surface area contributed by atoms with Gasteiger partial charge in [-0.3, -0.25) is 9.59 Å². The number of hydrogen-bond donors (Lipinski definition) is 2. The van der Waals surface area contributed by atoms with Crippen LogP contribution >= 0.6 is 0 Å². The van der Waals surface area contributed by atoms with Crippen LogP contribution in [0, 0.1) is 40.3 Å². The standard InChI is InChI=1S/C25H31FN2O2/c1-24-13-11-19-17(7-10-21-25(19,2)14-12-22(29)28-21)18(24)8-9-20(24)23(30)27-16-5-3-15(26)4-6-16/h3-6,12,14,17-21H,7-11,13H2,1-2H3,(H,27,30)(H,28,29)/t17?,18?,19?,20?,21?,24-,25+/m0/s1. The van der Waals surface area contributed by atoms with Gasteiger partial charge in [0, 0.05) is 23.1 Å². The maximum Gasteiger partial charge on any atom is 0.243 e. The Morgan fingerprint density at radius 3 is 2.60 bits per heavy atom. The van der Waals surface area contributed by atoms with Crippen molar-refractivity contribution in [3.63, 3.8) is 0 Å². The SMILES string of the molecule is C[C@]12C=CC(=O)NC1CCC1C2CC[C@]2(C)C(C(=O)Nc3ccc(F)cc3)CCC12. The van der Waals surface area contributed by atoms with Gasteiger partial charge in [0.1, 0.15) is 5.82 Å². The molecule has 1 aromatic carbocycles. The molecule has 3 fully saturated rings. The van der Waals surface area contributed by atoms with E-state index in [9.17, 15) is 14.0 Å². The van der Waals surface area contributed by atoms with E-state index in [4.69, 9.17) is 0 Å². The highest BCUT2D eigenvalue weighted by Crippen LogP contribution is 2.65. The van der Waals surface area contributed by atoms with E-state index in [0.717, 1.165) is 38.5 Å². The lowest BCUT2D eigenvalue weighted by Gasteiger charge is -2.58. The highest BCUT2D eigenvalue weighted by molar-refractivity contribution is 5.93. The van der Waals surface area contributed by atoms with Crippen LogP contribution < -0.4 is 10.6 Å². The molecule has 4 nitrogen and oxygen atoms in total. The Kier molecular flexibility index (Phi) is 4.57. The number of benzene rings is 1. The van der Waals surface area contributed by atoms with Crippen LogP contribution in [0.25, 0.3) is 0 Å². The van der Waals surface area contributed by atoms with Crippen molar-refractivity contribution in [1.82, 2.24) is 5.32 Å². The second-order valence-electron chi connectivity index (χ2n) is 10.4. The molecule has 0 spiro atoms. The first-order chi connectivity index (χ1) is 14.3. The number of carbonyl (C=O) groups is 2. The Morgan fingerprint density at radius 2 is 1.83 bits per heavy atom. The fraction of sp³-hybridized carbons (Fsp3) is 0.600. The Labute approximate surface area is 177 Å². The third kappa shape index (κ3) is 2.92. The molecule has 5 unspecified atom stereocenters. The number of halogens is 1. The number of carbonyl (C=O) groups excluding carboxylic acids is 2. The molecule has 4 aliphatic rings. The molecule has 0 saturated heterocycles. The molecular weight excluding hydrogens is 379 g/mol. The Hall–Kier alpha value is -2.17. The van der Waals surface area contributed by atoms with Crippen LogP contribution in [0.1, 0.15) is 52.4 Å². The van der Waals surface area contributed by atoms with Gasteiger partial charge in [-0.05, 0) is 92.0 Å². The van der Waals surface area contributed by atoms with E-state index in [-0.39, 0.29) is 40.4 Å². The molecule has 1 aromatic rings. The summed E-state index contributed by atoms with van der Waals surface area (Å²) in [5.41, 5.74) is 0.696. The predicted molar refractivity (Wildman–Crippen MR) is 114 cm³/mol. The van der Waals surface area contributed by atoms with E-state index < -0.39 is 0 Å². The number of anilines is 1. The Bertz CT molecular complexity index is 897. The van der Waals surface area contributed by atoms with Gasteiger partial charge in [-0.1, -0.05) is 19.9 Å². The molecule has 0 bridgehead atoms. The van der Waals surface area contributed by atoms with Crippen LogP contribution in [0.5, 0.6) is 0 Å². The lowest BCUT2D eigenvalue weighted by Crippen LogP contribution is -2.59. The van der Waals surface area contributed by atoms with Gasteiger partial charge in [0.25, 0.3) is 0 Å². The molecule has 30 heavy (non-hydrogen) atoms. The molecule has 2 N–H and O–H groups in total. The van der Waals surface area contributed by atoms with Gasteiger partial charge < -0.3 is 10.6 Å². The third-order valence-electron chi connectivity index (χ3n) is 9.11. The van der Waals surface area contributed by atoms with Crippen LogP contribution in [0.4, 0.5) is 10.1 Å². The summed E-state index contributed by atoms with van der Waals surface area (Å²) in [4.78, 5) is 25.1. The summed E-state index contributed by atoms with van der Waals surface area (Å²) >= 11 is 0. The summed E-state index contributed by atoms with van der Waals surface area (Å²) in [6.07, 6.45) is 10.2. The molecular formula is C25H31FN2O2. The van der Waals surface area contributed by atoms with E-state index in [1.165, 1.54) is 12.1 Å². The quantitative estimate of drug-likeness (QED) is 0.744. The van der Waals surface area contributed by atoms with E-state index in [2.05, 4.69) is 30.6 Å². The molecule has 7 atom stereocenters. The molecule has 160 valence electrons. The van der Waals surface area contributed by atoms with Crippen LogP contribution in [0.2, 0.25) is 0 Å². The summed E-state index contributed by atoms with van der Waals surface area (Å²) in [5, 5.41) is 6.24. The highest BCUT2D eigenvalue weighted by Gasteiger charge is 2.60. The molecule has 5 heteroatoms. The van der Waals surface area contributed by atoms with Crippen molar-refractivity contribution in [2.24, 2.45) is 34.5 Å². The number of fused-ring (bicyclic) bond motifs is 5. The van der Waals surface area contributed by atoms with Crippen molar-refractivity contribution in [3.8, 4) is 0 Å². The van der Waals surface area contributed by atoms with E-state index in [1.54, 1.807) is 18.2 Å². The maximum absolute atomic E-state index is 13.2. The van der Waals surface area contributed by atoms with E-state index in [1.807, 2.05) is 0 Å². The average molecular weight is 411 g/mol. The summed E-state index contributed by atoms with van der Waals surface area (Å²) in [7, 11) is 0. The molecule has 5 rings (SSSR count). The minimum atomic E-state index is -0.295. The average Bonchev–Trinajstić information content (AvgIpc) is 3.07. The van der Waals surface area contributed by atoms with Crippen molar-refractivity contribution < 1.29 is 14.0 Å². The zero-order valence-electron chi connectivity index (χ0n) is 17.8. The first-order valence-corrected chi connectivity index (χ1v) is 11.4. The normalized spacial score (nSPS) is 42.0. The molecule has 3 saturated carbocycles. The predicted octanol–water partition coefficient (Wildman–Crippen LogP) is 4.68. The molecule has 2 amide bonds. The summed E-state index contributed by atoms with van der Waals surface area (Å²) in [5.74, 6) is 1.53. The minimum absolute atomic E-state index is 0.000586. The van der Waals surface area contributed by atoms with Crippen molar-refractivity contribution in [1.29, 1.82) is 0 Å². The first-order valence-electron chi connectivity index (χ1n) is 11.4. The maximum atomic E-state index is 13.2. The second-order valence-corrected chi connectivity index (χ2v) is 10.4. The van der Waals surface area contributed by atoms with Gasteiger partial charge in [-0.2, -0.15) is 0 Å². The summed E-state index contributed by atoms with van der Waals surface area (Å²) in [6, 6.07) is 6.26. The molecule has 0 radical (unpaired) electrons. The van der Waals surface area contributed by atoms with Gasteiger partial charge >= 0.3 is 0 Å². The number of amides is 2. The van der Waals surface area contributed by atoms with E-state index >= 15 is 0 Å². The first kappa shape index (κ1) is 19.8. The third-order valence-corrected chi connectivity index (χ3v) is 9.11. The summed E-state index contributed by atoms with van der Waals surface area (Å²) < 4.78 is 13.2. The van der Waals surface area contributed by atoms with Crippen molar-refractivity contribution in [3.05, 3.63) is 42.2 Å². The molecule has 1 heterocycles. The van der Waals surface area contributed by atoms with Crippen molar-refractivity contribution in [2.45, 2.75) is 58.4 Å². The second kappa shape index (κ2) is 6.93. The van der Waals surface area contributed by atoms with Crippen molar-refractivity contribution in [2.75, 3.05) is 5.32 Å². The fourth-order valence-electron chi connectivity index (χ4n) is 7.53. The molecule has 0 aromatic heterocycles. The molecule has 3 aliphatic carbocycles. The monoisotopic (exact) mass is 410 g/mol. The van der Waals surface area contributed by atoms with Gasteiger partial charge in [-0.25, -0.2) is 4.39 Å². The van der Waals surface area contributed by atoms with Crippen LogP contribution in [-0.4, -0.2) is 17.9 Å². The number of hydrogen-bond acceptors (Lipinski definition) is 2. The van der Waals surface area contributed by atoms with Gasteiger partial charge in [0.05, 0.1) is 0 Å². The Morgan fingerprint density at radius 1 is 1.07 bits per heavy atom. The zero-order valence-corrected chi connectivity index (χ0v) is 17.8. The lowest BCUT2D eigenvalue weighted by atomic mass is 9.48. The topological polar surface area (TPSA) is 58.2 Å². The number of nitrogens with one attached hydrogen (secondary N) is 2. The molecule has 1 aliphatic heterocycles. The zero-order chi connectivity index (χ0) is 21.1. The van der Waals surface area contributed by atoms with Crippen LogP contribution in [0.15, 0.2) is 36.4 Å². The van der Waals surface area contributed by atoms with Gasteiger partial charge in [0.15, 0.2) is 0 Å². The fourth-order valence-corrected chi connectivity index (χ4v) is 7.53.